The fourth-order valence-corrected chi connectivity index (χ4v) is 2.04. The maximum Gasteiger partial charge on any atom is 0.256 e. The van der Waals surface area contributed by atoms with Crippen LogP contribution in [0.15, 0.2) is 40.9 Å². The third-order valence-electron chi connectivity index (χ3n) is 2.68. The third kappa shape index (κ3) is 3.08. The Morgan fingerprint density at radius 1 is 1.30 bits per heavy atom. The minimum absolute atomic E-state index is 0.0329. The van der Waals surface area contributed by atoms with Crippen LogP contribution in [0.3, 0.4) is 0 Å². The molecule has 104 valence electrons. The van der Waals surface area contributed by atoms with Gasteiger partial charge in [0.2, 0.25) is 0 Å². The SMILES string of the molecule is COc1ccc(Br)c(C(=O)Nc2ccc(N)c(F)c2)c1. The van der Waals surface area contributed by atoms with Crippen molar-refractivity contribution in [2.24, 2.45) is 0 Å². The quantitative estimate of drug-likeness (QED) is 0.842. The highest BCUT2D eigenvalue weighted by Gasteiger charge is 2.12. The van der Waals surface area contributed by atoms with Crippen LogP contribution >= 0.6 is 15.9 Å². The summed E-state index contributed by atoms with van der Waals surface area (Å²) in [4.78, 5) is 12.1. The van der Waals surface area contributed by atoms with E-state index in [9.17, 15) is 9.18 Å². The van der Waals surface area contributed by atoms with Gasteiger partial charge >= 0.3 is 0 Å². The number of nitrogen functional groups attached to an aromatic ring is 1. The van der Waals surface area contributed by atoms with Crippen molar-refractivity contribution < 1.29 is 13.9 Å². The average Bonchev–Trinajstić information content (AvgIpc) is 2.43. The molecule has 6 heteroatoms. The maximum absolute atomic E-state index is 13.3. The van der Waals surface area contributed by atoms with E-state index in [1.807, 2.05) is 0 Å². The van der Waals surface area contributed by atoms with Gasteiger partial charge in [-0.1, -0.05) is 0 Å². The van der Waals surface area contributed by atoms with Gasteiger partial charge < -0.3 is 15.8 Å². The van der Waals surface area contributed by atoms with Crippen molar-refractivity contribution in [2.75, 3.05) is 18.2 Å². The molecule has 0 atom stereocenters. The Balaban J connectivity index is 2.25. The Bertz CT molecular complexity index is 662. The molecule has 0 bridgehead atoms. The van der Waals surface area contributed by atoms with Crippen molar-refractivity contribution in [3.63, 3.8) is 0 Å². The van der Waals surface area contributed by atoms with Gasteiger partial charge in [-0.05, 0) is 52.3 Å². The molecule has 0 saturated carbocycles. The summed E-state index contributed by atoms with van der Waals surface area (Å²) in [6.07, 6.45) is 0. The zero-order valence-corrected chi connectivity index (χ0v) is 12.2. The van der Waals surface area contributed by atoms with Crippen LogP contribution in [-0.4, -0.2) is 13.0 Å². The summed E-state index contributed by atoms with van der Waals surface area (Å²) in [7, 11) is 1.51. The molecule has 0 aliphatic heterocycles. The molecule has 2 rings (SSSR count). The number of carbonyl (C=O) groups excluding carboxylic acids is 1. The fourth-order valence-electron chi connectivity index (χ4n) is 1.61. The predicted molar refractivity (Wildman–Crippen MR) is 79.5 cm³/mol. The minimum Gasteiger partial charge on any atom is -0.497 e. The number of benzene rings is 2. The van der Waals surface area contributed by atoms with E-state index < -0.39 is 5.82 Å². The second-order valence-electron chi connectivity index (χ2n) is 4.04. The first-order valence-corrected chi connectivity index (χ1v) is 6.50. The second kappa shape index (κ2) is 5.92. The molecule has 0 fully saturated rings. The number of amides is 1. The number of ether oxygens (including phenoxy) is 1. The molecule has 0 heterocycles. The van der Waals surface area contributed by atoms with Crippen LogP contribution in [0.1, 0.15) is 10.4 Å². The predicted octanol–water partition coefficient (Wildman–Crippen LogP) is 3.43. The molecule has 0 radical (unpaired) electrons. The normalized spacial score (nSPS) is 10.2. The number of hydrogen-bond acceptors (Lipinski definition) is 3. The van der Waals surface area contributed by atoms with Crippen molar-refractivity contribution in [1.29, 1.82) is 0 Å². The fraction of sp³-hybridized carbons (Fsp3) is 0.0714. The summed E-state index contributed by atoms with van der Waals surface area (Å²) < 4.78 is 19.0. The van der Waals surface area contributed by atoms with Gasteiger partial charge in [0.05, 0.1) is 18.4 Å². The number of hydrogen-bond donors (Lipinski definition) is 2. The molecule has 1 amide bonds. The van der Waals surface area contributed by atoms with E-state index in [0.29, 0.717) is 21.5 Å². The molecule has 4 nitrogen and oxygen atoms in total. The smallest absolute Gasteiger partial charge is 0.256 e. The molecular weight excluding hydrogens is 327 g/mol. The molecular formula is C14H12BrFN2O2. The molecule has 2 aromatic carbocycles. The van der Waals surface area contributed by atoms with E-state index in [1.165, 1.54) is 25.3 Å². The first kappa shape index (κ1) is 14.3. The molecule has 0 spiro atoms. The summed E-state index contributed by atoms with van der Waals surface area (Å²) in [6, 6.07) is 9.12. The summed E-state index contributed by atoms with van der Waals surface area (Å²) in [5, 5.41) is 2.60. The summed E-state index contributed by atoms with van der Waals surface area (Å²) in [5.41, 5.74) is 6.13. The Morgan fingerprint density at radius 3 is 2.70 bits per heavy atom. The van der Waals surface area contributed by atoms with E-state index in [4.69, 9.17) is 10.5 Å². The van der Waals surface area contributed by atoms with Crippen LogP contribution in [-0.2, 0) is 0 Å². The molecule has 3 N–H and O–H groups in total. The van der Waals surface area contributed by atoms with E-state index in [2.05, 4.69) is 21.2 Å². The van der Waals surface area contributed by atoms with Crippen LogP contribution in [0.25, 0.3) is 0 Å². The van der Waals surface area contributed by atoms with Gasteiger partial charge in [0, 0.05) is 10.2 Å². The third-order valence-corrected chi connectivity index (χ3v) is 3.37. The Kier molecular flexibility index (Phi) is 4.24. The molecule has 0 aliphatic carbocycles. The van der Waals surface area contributed by atoms with Crippen LogP contribution in [0, 0.1) is 5.82 Å². The lowest BCUT2D eigenvalue weighted by molar-refractivity contribution is 0.102. The second-order valence-corrected chi connectivity index (χ2v) is 4.89. The average molecular weight is 339 g/mol. The summed E-state index contributed by atoms with van der Waals surface area (Å²) in [5.74, 6) is -0.394. The number of rotatable bonds is 3. The van der Waals surface area contributed by atoms with Crippen LogP contribution in [0.5, 0.6) is 5.75 Å². The molecule has 0 saturated heterocycles. The molecule has 0 aromatic heterocycles. The van der Waals surface area contributed by atoms with E-state index >= 15 is 0 Å². The van der Waals surface area contributed by atoms with Gasteiger partial charge in [-0.3, -0.25) is 4.79 Å². The van der Waals surface area contributed by atoms with Crippen molar-refractivity contribution in [1.82, 2.24) is 0 Å². The zero-order valence-electron chi connectivity index (χ0n) is 10.6. The van der Waals surface area contributed by atoms with Gasteiger partial charge in [0.1, 0.15) is 11.6 Å². The molecule has 20 heavy (non-hydrogen) atoms. The van der Waals surface area contributed by atoms with Gasteiger partial charge in [-0.2, -0.15) is 0 Å². The van der Waals surface area contributed by atoms with Crippen molar-refractivity contribution in [2.45, 2.75) is 0 Å². The highest BCUT2D eigenvalue weighted by Crippen LogP contribution is 2.24. The number of halogens is 2. The molecule has 2 aromatic rings. The number of nitrogens with one attached hydrogen (secondary N) is 1. The van der Waals surface area contributed by atoms with Crippen LogP contribution < -0.4 is 15.8 Å². The van der Waals surface area contributed by atoms with Gasteiger partial charge in [0.25, 0.3) is 5.91 Å². The topological polar surface area (TPSA) is 64.3 Å². The van der Waals surface area contributed by atoms with Crippen LogP contribution in [0.2, 0.25) is 0 Å². The van der Waals surface area contributed by atoms with Crippen LogP contribution in [0.4, 0.5) is 15.8 Å². The van der Waals surface area contributed by atoms with Gasteiger partial charge in [0.15, 0.2) is 0 Å². The highest BCUT2D eigenvalue weighted by atomic mass is 79.9. The van der Waals surface area contributed by atoms with Crippen molar-refractivity contribution in [3.8, 4) is 5.75 Å². The first-order valence-electron chi connectivity index (χ1n) is 5.71. The van der Waals surface area contributed by atoms with Gasteiger partial charge in [-0.15, -0.1) is 0 Å². The lowest BCUT2D eigenvalue weighted by atomic mass is 10.2. The first-order chi connectivity index (χ1) is 9.51. The summed E-state index contributed by atoms with van der Waals surface area (Å²) >= 11 is 3.29. The van der Waals surface area contributed by atoms with E-state index in [0.717, 1.165) is 0 Å². The zero-order chi connectivity index (χ0) is 14.7. The van der Waals surface area contributed by atoms with Crippen molar-refractivity contribution >= 4 is 33.2 Å². The number of nitrogens with two attached hydrogens (primary N) is 1. The Labute approximate surface area is 123 Å². The Morgan fingerprint density at radius 2 is 2.05 bits per heavy atom. The highest BCUT2D eigenvalue weighted by molar-refractivity contribution is 9.10. The van der Waals surface area contributed by atoms with E-state index in [-0.39, 0.29) is 11.6 Å². The Hall–Kier alpha value is -2.08. The molecule has 0 unspecified atom stereocenters. The van der Waals surface area contributed by atoms with Gasteiger partial charge in [-0.25, -0.2) is 4.39 Å². The minimum atomic E-state index is -0.576. The van der Waals surface area contributed by atoms with E-state index in [1.54, 1.807) is 18.2 Å². The lowest BCUT2D eigenvalue weighted by Crippen LogP contribution is -2.13. The standard InChI is InChI=1S/C14H12BrFN2O2/c1-20-9-3-4-11(15)10(7-9)14(19)18-8-2-5-13(17)12(16)6-8/h2-7H,17H2,1H3,(H,18,19). The molecule has 0 aliphatic rings. The number of anilines is 2. The maximum atomic E-state index is 13.3. The lowest BCUT2D eigenvalue weighted by Gasteiger charge is -2.09. The van der Waals surface area contributed by atoms with Crippen molar-refractivity contribution in [3.05, 3.63) is 52.3 Å². The number of methoxy groups -OCH3 is 1. The number of carbonyl (C=O) groups is 1. The largest absolute Gasteiger partial charge is 0.497 e. The summed E-state index contributed by atoms with van der Waals surface area (Å²) in [6.45, 7) is 0. The monoisotopic (exact) mass is 338 g/mol.